The van der Waals surface area contributed by atoms with Crippen molar-refractivity contribution < 1.29 is 9.84 Å². The van der Waals surface area contributed by atoms with Crippen molar-refractivity contribution in [1.82, 2.24) is 4.98 Å². The normalized spacial score (nSPS) is 17.6. The first-order valence-electron chi connectivity index (χ1n) is 5.57. The van der Waals surface area contributed by atoms with Crippen LogP contribution < -0.4 is 4.74 Å². The molecule has 1 fully saturated rings. The highest BCUT2D eigenvalue weighted by molar-refractivity contribution is 5.87. The minimum Gasteiger partial charge on any atom is -0.496 e. The predicted octanol–water partition coefficient (Wildman–Crippen LogP) is 2.24. The molecule has 0 radical (unpaired) electrons. The summed E-state index contributed by atoms with van der Waals surface area (Å²) in [5.74, 6) is 0.888. The van der Waals surface area contributed by atoms with E-state index < -0.39 is 5.60 Å². The number of hydrogen-bond acceptors (Lipinski definition) is 2. The van der Waals surface area contributed by atoms with E-state index in [1.807, 2.05) is 24.4 Å². The van der Waals surface area contributed by atoms with Gasteiger partial charge in [0.2, 0.25) is 0 Å². The predicted molar refractivity (Wildman–Crippen MR) is 62.7 cm³/mol. The van der Waals surface area contributed by atoms with Crippen LogP contribution in [0.1, 0.15) is 18.4 Å². The lowest BCUT2D eigenvalue weighted by Crippen LogP contribution is -2.11. The fourth-order valence-corrected chi connectivity index (χ4v) is 2.21. The molecule has 0 spiro atoms. The third-order valence-corrected chi connectivity index (χ3v) is 3.32. The lowest BCUT2D eigenvalue weighted by atomic mass is 10.0. The van der Waals surface area contributed by atoms with Gasteiger partial charge < -0.3 is 14.8 Å². The van der Waals surface area contributed by atoms with Crippen LogP contribution in [0.25, 0.3) is 10.9 Å². The number of nitrogens with one attached hydrogen (secondary N) is 1. The van der Waals surface area contributed by atoms with Gasteiger partial charge in [-0.15, -0.1) is 0 Å². The third-order valence-electron chi connectivity index (χ3n) is 3.32. The molecule has 1 heterocycles. The number of fused-ring (bicyclic) bond motifs is 1. The first-order valence-corrected chi connectivity index (χ1v) is 5.57. The van der Waals surface area contributed by atoms with Gasteiger partial charge in [0.05, 0.1) is 12.7 Å². The number of hydrogen-bond donors (Lipinski definition) is 2. The molecule has 16 heavy (non-hydrogen) atoms. The number of ether oxygens (including phenoxy) is 1. The number of H-pyrrole nitrogens is 1. The molecule has 0 amide bonds. The van der Waals surface area contributed by atoms with Crippen molar-refractivity contribution in [2.24, 2.45) is 0 Å². The number of methoxy groups -OCH3 is 1. The Morgan fingerprint density at radius 2 is 2.19 bits per heavy atom. The molecule has 1 aromatic heterocycles. The van der Waals surface area contributed by atoms with E-state index in [-0.39, 0.29) is 0 Å². The van der Waals surface area contributed by atoms with Crippen molar-refractivity contribution in [1.29, 1.82) is 0 Å². The zero-order valence-corrected chi connectivity index (χ0v) is 9.29. The molecule has 0 saturated heterocycles. The van der Waals surface area contributed by atoms with Gasteiger partial charge in [0.15, 0.2) is 0 Å². The third kappa shape index (κ3) is 1.48. The molecular weight excluding hydrogens is 202 g/mol. The van der Waals surface area contributed by atoms with Crippen LogP contribution in [0, 0.1) is 0 Å². The van der Waals surface area contributed by atoms with Gasteiger partial charge in [0.25, 0.3) is 0 Å². The van der Waals surface area contributed by atoms with Crippen LogP contribution in [-0.2, 0) is 6.42 Å². The Balaban J connectivity index is 2.08. The van der Waals surface area contributed by atoms with E-state index in [9.17, 15) is 5.11 Å². The number of aromatic nitrogens is 1. The smallest absolute Gasteiger partial charge is 0.131 e. The Hall–Kier alpha value is -1.48. The second-order valence-corrected chi connectivity index (χ2v) is 4.60. The SMILES string of the molecule is COc1c(CC2(O)CC2)ccc2[nH]ccc12. The Labute approximate surface area is 94.0 Å². The van der Waals surface area contributed by atoms with Gasteiger partial charge in [-0.05, 0) is 30.5 Å². The summed E-state index contributed by atoms with van der Waals surface area (Å²) in [5, 5.41) is 11.0. The standard InChI is InChI=1S/C13H15NO2/c1-16-12-9(8-13(15)5-6-13)2-3-11-10(12)4-7-14-11/h2-4,7,14-15H,5-6,8H2,1H3. The van der Waals surface area contributed by atoms with E-state index in [0.29, 0.717) is 6.42 Å². The summed E-state index contributed by atoms with van der Waals surface area (Å²) in [4.78, 5) is 3.16. The fourth-order valence-electron chi connectivity index (χ4n) is 2.21. The summed E-state index contributed by atoms with van der Waals surface area (Å²) in [6, 6.07) is 6.08. The molecule has 0 unspecified atom stereocenters. The van der Waals surface area contributed by atoms with Gasteiger partial charge in [-0.1, -0.05) is 6.07 Å². The van der Waals surface area contributed by atoms with Crippen LogP contribution in [0.15, 0.2) is 24.4 Å². The van der Waals surface area contributed by atoms with Crippen molar-refractivity contribution in [3.63, 3.8) is 0 Å². The minimum atomic E-state index is -0.475. The van der Waals surface area contributed by atoms with Crippen molar-refractivity contribution in [2.75, 3.05) is 7.11 Å². The van der Waals surface area contributed by atoms with Crippen LogP contribution in [0.5, 0.6) is 5.75 Å². The number of benzene rings is 1. The van der Waals surface area contributed by atoms with E-state index in [1.165, 1.54) is 0 Å². The first kappa shape index (κ1) is 9.73. The molecule has 1 aliphatic carbocycles. The average Bonchev–Trinajstić information content (AvgIpc) is 2.80. The Bertz CT molecular complexity index is 526. The fraction of sp³-hybridized carbons (Fsp3) is 0.385. The number of rotatable bonds is 3. The Morgan fingerprint density at radius 3 is 2.88 bits per heavy atom. The average molecular weight is 217 g/mol. The summed E-state index contributed by atoms with van der Waals surface area (Å²) in [6.45, 7) is 0. The highest BCUT2D eigenvalue weighted by Crippen LogP contribution is 2.41. The van der Waals surface area contributed by atoms with Crippen LogP contribution in [-0.4, -0.2) is 22.8 Å². The van der Waals surface area contributed by atoms with Crippen LogP contribution in [0.4, 0.5) is 0 Å². The van der Waals surface area contributed by atoms with Crippen LogP contribution in [0.3, 0.4) is 0 Å². The Kier molecular flexibility index (Phi) is 1.98. The van der Waals surface area contributed by atoms with E-state index in [2.05, 4.69) is 4.98 Å². The molecular formula is C13H15NO2. The first-order chi connectivity index (χ1) is 7.72. The quantitative estimate of drug-likeness (QED) is 0.828. The van der Waals surface area contributed by atoms with E-state index in [4.69, 9.17) is 4.74 Å². The van der Waals surface area contributed by atoms with Gasteiger partial charge in [-0.25, -0.2) is 0 Å². The zero-order valence-electron chi connectivity index (χ0n) is 9.29. The van der Waals surface area contributed by atoms with Crippen LogP contribution >= 0.6 is 0 Å². The maximum Gasteiger partial charge on any atom is 0.131 e. The minimum absolute atomic E-state index is 0.475. The summed E-state index contributed by atoms with van der Waals surface area (Å²) in [7, 11) is 1.68. The highest BCUT2D eigenvalue weighted by atomic mass is 16.5. The molecule has 3 heteroatoms. The summed E-state index contributed by atoms with van der Waals surface area (Å²) in [5.41, 5.74) is 1.69. The van der Waals surface area contributed by atoms with Gasteiger partial charge in [-0.3, -0.25) is 0 Å². The molecule has 0 atom stereocenters. The summed E-state index contributed by atoms with van der Waals surface area (Å²) < 4.78 is 5.46. The van der Waals surface area contributed by atoms with Crippen molar-refractivity contribution >= 4 is 10.9 Å². The molecule has 1 aliphatic rings. The summed E-state index contributed by atoms with van der Waals surface area (Å²) in [6.07, 6.45) is 4.41. The lowest BCUT2D eigenvalue weighted by Gasteiger charge is -2.12. The molecule has 2 N–H and O–H groups in total. The number of aromatic amines is 1. The van der Waals surface area contributed by atoms with Crippen molar-refractivity contribution in [3.05, 3.63) is 30.0 Å². The monoisotopic (exact) mass is 217 g/mol. The van der Waals surface area contributed by atoms with E-state index in [0.717, 1.165) is 35.1 Å². The number of aliphatic hydroxyl groups is 1. The van der Waals surface area contributed by atoms with Gasteiger partial charge >= 0.3 is 0 Å². The molecule has 2 aromatic rings. The largest absolute Gasteiger partial charge is 0.496 e. The molecule has 0 aliphatic heterocycles. The molecule has 1 saturated carbocycles. The maximum atomic E-state index is 9.96. The second-order valence-electron chi connectivity index (χ2n) is 4.60. The molecule has 84 valence electrons. The Morgan fingerprint density at radius 1 is 1.38 bits per heavy atom. The van der Waals surface area contributed by atoms with Gasteiger partial charge in [0.1, 0.15) is 5.75 Å². The van der Waals surface area contributed by atoms with Gasteiger partial charge in [0, 0.05) is 23.5 Å². The molecule has 3 nitrogen and oxygen atoms in total. The molecule has 1 aromatic carbocycles. The van der Waals surface area contributed by atoms with Gasteiger partial charge in [-0.2, -0.15) is 0 Å². The van der Waals surface area contributed by atoms with E-state index >= 15 is 0 Å². The van der Waals surface area contributed by atoms with Crippen LogP contribution in [0.2, 0.25) is 0 Å². The highest BCUT2D eigenvalue weighted by Gasteiger charge is 2.40. The zero-order chi connectivity index (χ0) is 11.2. The van der Waals surface area contributed by atoms with E-state index in [1.54, 1.807) is 7.11 Å². The van der Waals surface area contributed by atoms with Crippen molar-refractivity contribution in [2.45, 2.75) is 24.9 Å². The van der Waals surface area contributed by atoms with Crippen molar-refractivity contribution in [3.8, 4) is 5.75 Å². The topological polar surface area (TPSA) is 45.2 Å². The second kappa shape index (κ2) is 3.25. The molecule has 0 bridgehead atoms. The summed E-state index contributed by atoms with van der Waals surface area (Å²) >= 11 is 0. The molecule has 3 rings (SSSR count). The maximum absolute atomic E-state index is 9.96. The lowest BCUT2D eigenvalue weighted by molar-refractivity contribution is 0.150.